The molecule has 7 N–H and O–H groups in total. The van der Waals surface area contributed by atoms with E-state index in [1.54, 1.807) is 0 Å². The highest BCUT2D eigenvalue weighted by molar-refractivity contribution is 5.85. The molecule has 0 bridgehead atoms. The van der Waals surface area contributed by atoms with Gasteiger partial charge in [-0.2, -0.15) is 0 Å². The Bertz CT molecular complexity index is 1140. The number of carbonyl (C=O) groups is 1. The van der Waals surface area contributed by atoms with Gasteiger partial charge in [0.15, 0.2) is 6.29 Å². The van der Waals surface area contributed by atoms with Crippen LogP contribution in [0.5, 0.6) is 0 Å². The highest BCUT2D eigenvalue weighted by atomic mass is 16.7. The number of aliphatic hydroxyl groups is 7. The number of carbonyl (C=O) groups excluding carboxylic acids is 1. The average molecular weight is 653 g/mol. The van der Waals surface area contributed by atoms with Crippen molar-refractivity contribution < 1.29 is 50.0 Å². The molecule has 0 amide bonds. The van der Waals surface area contributed by atoms with E-state index in [2.05, 4.69) is 20.8 Å². The van der Waals surface area contributed by atoms with E-state index >= 15 is 0 Å². The van der Waals surface area contributed by atoms with Gasteiger partial charge in [-0.25, -0.2) is 0 Å². The molecule has 0 radical (unpaired) electrons. The molecule has 5 fully saturated rings. The minimum Gasteiger partial charge on any atom is -0.394 e. The molecule has 4 saturated carbocycles. The Morgan fingerprint density at radius 2 is 1.67 bits per heavy atom. The van der Waals surface area contributed by atoms with Gasteiger partial charge in [0.05, 0.1) is 31.5 Å². The van der Waals surface area contributed by atoms with Crippen molar-refractivity contribution in [1.82, 2.24) is 0 Å². The van der Waals surface area contributed by atoms with Gasteiger partial charge < -0.3 is 45.2 Å². The van der Waals surface area contributed by atoms with Crippen molar-refractivity contribution in [3.05, 3.63) is 12.2 Å². The van der Waals surface area contributed by atoms with Gasteiger partial charge in [0.2, 0.25) is 0 Å². The fraction of sp³-hybridized carbons (Fsp3) is 0.917. The molecule has 0 aromatic heterocycles. The van der Waals surface area contributed by atoms with Crippen molar-refractivity contribution in [1.29, 1.82) is 0 Å². The van der Waals surface area contributed by atoms with Crippen molar-refractivity contribution in [2.24, 2.45) is 51.2 Å². The van der Waals surface area contributed by atoms with E-state index in [-0.39, 0.29) is 65.3 Å². The number of hydrogen-bond acceptors (Lipinski definition) is 10. The predicted molar refractivity (Wildman–Crippen MR) is 170 cm³/mol. The van der Waals surface area contributed by atoms with Crippen LogP contribution < -0.4 is 0 Å². The first kappa shape index (κ1) is 36.3. The lowest BCUT2D eigenvalue weighted by Crippen LogP contribution is -2.67. The maximum absolute atomic E-state index is 13.0. The second-order valence-corrected chi connectivity index (χ2v) is 17.0. The maximum atomic E-state index is 13.0. The number of ether oxygens (including phenoxy) is 2. The molecule has 1 aliphatic heterocycles. The van der Waals surface area contributed by atoms with Crippen LogP contribution >= 0.6 is 0 Å². The first-order chi connectivity index (χ1) is 21.4. The van der Waals surface area contributed by atoms with E-state index in [1.165, 1.54) is 0 Å². The Balaban J connectivity index is 1.26. The van der Waals surface area contributed by atoms with Gasteiger partial charge in [0.25, 0.3) is 0 Å². The summed E-state index contributed by atoms with van der Waals surface area (Å²) in [5.41, 5.74) is -2.28. The van der Waals surface area contributed by atoms with Crippen LogP contribution in [0.1, 0.15) is 92.9 Å². The van der Waals surface area contributed by atoms with Crippen molar-refractivity contribution in [3.8, 4) is 0 Å². The number of rotatable bonds is 9. The summed E-state index contributed by atoms with van der Waals surface area (Å²) in [6.45, 7) is 12.2. The van der Waals surface area contributed by atoms with Crippen LogP contribution in [-0.2, 0) is 14.3 Å². The summed E-state index contributed by atoms with van der Waals surface area (Å²) in [4.78, 5) is 13.0. The second kappa shape index (κ2) is 12.7. The Morgan fingerprint density at radius 3 is 2.33 bits per heavy atom. The van der Waals surface area contributed by atoms with E-state index < -0.39 is 54.4 Å². The summed E-state index contributed by atoms with van der Waals surface area (Å²) in [7, 11) is 0. The molecule has 264 valence electrons. The van der Waals surface area contributed by atoms with Crippen LogP contribution in [0.4, 0.5) is 0 Å². The molecule has 4 aliphatic carbocycles. The normalized spacial score (nSPS) is 49.2. The summed E-state index contributed by atoms with van der Waals surface area (Å²) in [5.74, 6) is 0.501. The molecule has 0 aromatic rings. The zero-order chi connectivity index (χ0) is 34.0. The SMILES string of the molecule is CC(C=CCC(O)(CO)C1CCC2(C)C1CCC1C3(C)CCC(=O)C(C)(C)C3C(O)CC12C)COC1OC(CO)C(O)C(O)C1O. The average Bonchev–Trinajstić information content (AvgIpc) is 3.36. The lowest BCUT2D eigenvalue weighted by atomic mass is 9.35. The number of hydrogen-bond donors (Lipinski definition) is 7. The molecule has 46 heavy (non-hydrogen) atoms. The highest BCUT2D eigenvalue weighted by Gasteiger charge is 2.71. The fourth-order valence-electron chi connectivity index (χ4n) is 11.7. The number of fused-ring (bicyclic) bond motifs is 5. The monoisotopic (exact) mass is 652 g/mol. The quantitative estimate of drug-likeness (QED) is 0.183. The van der Waals surface area contributed by atoms with E-state index in [0.29, 0.717) is 18.8 Å². The molecular formula is C36H60O10. The molecule has 5 rings (SSSR count). The summed E-state index contributed by atoms with van der Waals surface area (Å²) >= 11 is 0. The molecule has 10 nitrogen and oxygen atoms in total. The maximum Gasteiger partial charge on any atom is 0.186 e. The van der Waals surface area contributed by atoms with E-state index in [4.69, 9.17) is 9.47 Å². The minimum absolute atomic E-state index is 0.0668. The lowest BCUT2D eigenvalue weighted by Gasteiger charge is -2.70. The zero-order valence-electron chi connectivity index (χ0n) is 28.6. The van der Waals surface area contributed by atoms with Crippen molar-refractivity contribution >= 4 is 5.78 Å². The second-order valence-electron chi connectivity index (χ2n) is 17.0. The smallest absolute Gasteiger partial charge is 0.186 e. The first-order valence-corrected chi connectivity index (χ1v) is 17.5. The predicted octanol–water partition coefficient (Wildman–Crippen LogP) is 2.33. The van der Waals surface area contributed by atoms with Crippen molar-refractivity contribution in [2.75, 3.05) is 19.8 Å². The van der Waals surface area contributed by atoms with Crippen LogP contribution in [0.15, 0.2) is 12.2 Å². The molecule has 5 aliphatic rings. The van der Waals surface area contributed by atoms with Gasteiger partial charge in [0.1, 0.15) is 30.2 Å². The number of Topliss-reactive ketones (excluding diaryl/α,β-unsaturated/α-hetero) is 1. The highest BCUT2D eigenvalue weighted by Crippen LogP contribution is 2.75. The Hall–Kier alpha value is -0.950. The minimum atomic E-state index is -1.50. The molecule has 0 spiro atoms. The zero-order valence-corrected chi connectivity index (χ0v) is 28.6. The largest absolute Gasteiger partial charge is 0.394 e. The van der Waals surface area contributed by atoms with Gasteiger partial charge in [-0.15, -0.1) is 0 Å². The van der Waals surface area contributed by atoms with Crippen LogP contribution in [-0.4, -0.2) is 104 Å². The van der Waals surface area contributed by atoms with Crippen molar-refractivity contribution in [3.63, 3.8) is 0 Å². The van der Waals surface area contributed by atoms with Gasteiger partial charge in [-0.1, -0.05) is 53.7 Å². The molecule has 15 unspecified atom stereocenters. The molecule has 10 heteroatoms. The van der Waals surface area contributed by atoms with Crippen LogP contribution in [0.25, 0.3) is 0 Å². The van der Waals surface area contributed by atoms with Gasteiger partial charge >= 0.3 is 0 Å². The first-order valence-electron chi connectivity index (χ1n) is 17.5. The number of aliphatic hydroxyl groups excluding tert-OH is 6. The van der Waals surface area contributed by atoms with Crippen LogP contribution in [0.3, 0.4) is 0 Å². The third-order valence-electron chi connectivity index (χ3n) is 14.3. The van der Waals surface area contributed by atoms with E-state index in [9.17, 15) is 40.5 Å². The van der Waals surface area contributed by atoms with Gasteiger partial charge in [-0.05, 0) is 84.9 Å². The third kappa shape index (κ3) is 5.56. The Labute approximate surface area is 274 Å². The molecule has 15 atom stereocenters. The molecule has 1 saturated heterocycles. The number of ketones is 1. The summed E-state index contributed by atoms with van der Waals surface area (Å²) < 4.78 is 11.1. The van der Waals surface area contributed by atoms with Crippen molar-refractivity contribution in [2.45, 2.75) is 135 Å². The van der Waals surface area contributed by atoms with Gasteiger partial charge in [-0.3, -0.25) is 4.79 Å². The van der Waals surface area contributed by atoms with E-state index in [1.807, 2.05) is 32.9 Å². The van der Waals surface area contributed by atoms with Gasteiger partial charge in [0, 0.05) is 17.8 Å². The molecule has 0 aromatic carbocycles. The third-order valence-corrected chi connectivity index (χ3v) is 14.3. The molecule has 1 heterocycles. The fourth-order valence-corrected chi connectivity index (χ4v) is 11.7. The standard InChI is InChI=1S/C36H60O10/c1-20(18-45-31-29(43)28(42)27(41)24(17-37)46-31)8-7-13-36(44,19-38)22-11-15-34(5)21(22)9-10-25-33(4)14-12-26(40)32(2,3)30(33)23(39)16-35(25,34)6/h7-8,20-25,27-31,37-39,41-44H,9-19H2,1-6H3. The van der Waals surface area contributed by atoms with Crippen LogP contribution in [0, 0.1) is 51.2 Å². The summed E-state index contributed by atoms with van der Waals surface area (Å²) in [6.07, 6.45) is 2.48. The Morgan fingerprint density at radius 1 is 0.978 bits per heavy atom. The summed E-state index contributed by atoms with van der Waals surface area (Å²) in [6, 6.07) is 0. The Kier molecular flexibility index (Phi) is 10.1. The summed E-state index contributed by atoms with van der Waals surface area (Å²) in [5, 5.41) is 74.0. The van der Waals surface area contributed by atoms with E-state index in [0.717, 1.165) is 32.1 Å². The topological polar surface area (TPSA) is 177 Å². The van der Waals surface area contributed by atoms with Crippen LogP contribution in [0.2, 0.25) is 0 Å². The molecular weight excluding hydrogens is 592 g/mol. The lowest BCUT2D eigenvalue weighted by molar-refractivity contribution is -0.302.